The first-order valence-corrected chi connectivity index (χ1v) is 9.83. The molecule has 9 heteroatoms. The van der Waals surface area contributed by atoms with Gasteiger partial charge >= 0.3 is 6.61 Å². The maximum Gasteiger partial charge on any atom is 0.387 e. The largest absolute Gasteiger partial charge is 0.433 e. The topological polar surface area (TPSA) is 58.1 Å². The molecule has 1 unspecified atom stereocenters. The van der Waals surface area contributed by atoms with Crippen molar-refractivity contribution < 1.29 is 18.3 Å². The first-order chi connectivity index (χ1) is 13.5. The zero-order valence-corrected chi connectivity index (χ0v) is 19.7. The summed E-state index contributed by atoms with van der Waals surface area (Å²) in [6.07, 6.45) is 1.80. The molecule has 1 fully saturated rings. The number of para-hydroxylation sites is 2. The van der Waals surface area contributed by atoms with Gasteiger partial charge in [-0.1, -0.05) is 26.0 Å². The van der Waals surface area contributed by atoms with Crippen LogP contribution in [0, 0.1) is 5.92 Å². The molecule has 1 aliphatic heterocycles. The number of hydrogen-bond acceptors (Lipinski definition) is 4. The Morgan fingerprint density at radius 2 is 2.07 bits per heavy atom. The van der Waals surface area contributed by atoms with E-state index in [9.17, 15) is 8.78 Å². The predicted molar refractivity (Wildman–Crippen MR) is 124 cm³/mol. The summed E-state index contributed by atoms with van der Waals surface area (Å²) in [5.41, 5.74) is 0.692. The van der Waals surface area contributed by atoms with Crippen LogP contribution in [0.15, 0.2) is 29.3 Å². The maximum atomic E-state index is 12.6. The molecule has 0 amide bonds. The third kappa shape index (κ3) is 9.33. The smallest absolute Gasteiger partial charge is 0.387 e. The summed E-state index contributed by atoms with van der Waals surface area (Å²) in [5, 5.41) is 6.70. The highest BCUT2D eigenvalue weighted by Gasteiger charge is 2.25. The summed E-state index contributed by atoms with van der Waals surface area (Å²) in [6, 6.07) is 7.09. The number of halogens is 3. The number of ether oxygens (including phenoxy) is 2. The molecule has 0 bridgehead atoms. The van der Waals surface area contributed by atoms with Crippen LogP contribution < -0.4 is 20.3 Å². The molecule has 0 saturated carbocycles. The molecule has 1 aliphatic rings. The molecule has 0 radical (unpaired) electrons. The van der Waals surface area contributed by atoms with Crippen molar-refractivity contribution in [1.29, 1.82) is 0 Å². The van der Waals surface area contributed by atoms with Crippen molar-refractivity contribution in [2.24, 2.45) is 10.9 Å². The number of rotatable bonds is 10. The number of nitrogens with zero attached hydrogens (tertiary/aromatic N) is 2. The lowest BCUT2D eigenvalue weighted by molar-refractivity contribution is -0.0495. The summed E-state index contributed by atoms with van der Waals surface area (Å²) in [7, 11) is 1.74. The normalized spacial score (nSPS) is 16.9. The Bertz CT molecular complexity index is 620. The lowest BCUT2D eigenvalue weighted by atomic mass is 10.2. The Labute approximate surface area is 189 Å². The number of anilines is 1. The average Bonchev–Trinajstić information content (AvgIpc) is 3.11. The number of nitrogens with one attached hydrogen (secondary N) is 2. The minimum Gasteiger partial charge on any atom is -0.433 e. The SMILES string of the molecule is CN=C(NCCCOCC(C)C)NC1CCN(c2ccccc2OC(F)F)C1.I. The summed E-state index contributed by atoms with van der Waals surface area (Å²) >= 11 is 0. The molecular weight excluding hydrogens is 493 g/mol. The third-order valence-electron chi connectivity index (χ3n) is 4.38. The van der Waals surface area contributed by atoms with Crippen molar-refractivity contribution >= 4 is 35.6 Å². The van der Waals surface area contributed by atoms with Crippen LogP contribution in [-0.2, 0) is 4.74 Å². The van der Waals surface area contributed by atoms with Crippen molar-refractivity contribution in [3.63, 3.8) is 0 Å². The van der Waals surface area contributed by atoms with Crippen LogP contribution in [-0.4, -0.2) is 58.5 Å². The average molecular weight is 526 g/mol. The van der Waals surface area contributed by atoms with E-state index >= 15 is 0 Å². The quantitative estimate of drug-likeness (QED) is 0.211. The van der Waals surface area contributed by atoms with Gasteiger partial charge in [0.1, 0.15) is 5.75 Å². The molecule has 1 saturated heterocycles. The molecule has 29 heavy (non-hydrogen) atoms. The standard InChI is InChI=1S/C20H32F2N4O2.HI/c1-15(2)14-27-12-6-10-24-20(23-3)25-16-9-11-26(13-16)17-7-4-5-8-18(17)28-19(21)22;/h4-5,7-8,15-16,19H,6,9-14H2,1-3H3,(H2,23,24,25);1H. The van der Waals surface area contributed by atoms with Crippen LogP contribution in [0.3, 0.4) is 0 Å². The molecule has 6 nitrogen and oxygen atoms in total. The van der Waals surface area contributed by atoms with Crippen LogP contribution in [0.5, 0.6) is 5.75 Å². The second-order valence-corrected chi connectivity index (χ2v) is 7.24. The Morgan fingerprint density at radius 3 is 2.76 bits per heavy atom. The fourth-order valence-corrected chi connectivity index (χ4v) is 3.10. The molecule has 1 aromatic carbocycles. The Morgan fingerprint density at radius 1 is 1.31 bits per heavy atom. The van der Waals surface area contributed by atoms with Gasteiger partial charge in [0, 0.05) is 45.9 Å². The summed E-state index contributed by atoms with van der Waals surface area (Å²) in [6.45, 7) is 5.18. The van der Waals surface area contributed by atoms with Crippen LogP contribution in [0.2, 0.25) is 0 Å². The van der Waals surface area contributed by atoms with Crippen molar-refractivity contribution in [3.05, 3.63) is 24.3 Å². The molecule has 0 spiro atoms. The van der Waals surface area contributed by atoms with E-state index in [2.05, 4.69) is 39.1 Å². The van der Waals surface area contributed by atoms with Gasteiger partial charge in [-0.25, -0.2) is 0 Å². The second kappa shape index (κ2) is 13.8. The molecule has 2 rings (SSSR count). The highest BCUT2D eigenvalue weighted by atomic mass is 127. The zero-order valence-electron chi connectivity index (χ0n) is 17.4. The fourth-order valence-electron chi connectivity index (χ4n) is 3.10. The third-order valence-corrected chi connectivity index (χ3v) is 4.38. The molecule has 2 N–H and O–H groups in total. The van der Waals surface area contributed by atoms with Gasteiger partial charge in [-0.05, 0) is 30.9 Å². The number of alkyl halides is 2. The van der Waals surface area contributed by atoms with Gasteiger partial charge in [0.15, 0.2) is 5.96 Å². The van der Waals surface area contributed by atoms with Crippen LogP contribution in [0.1, 0.15) is 26.7 Å². The van der Waals surface area contributed by atoms with E-state index in [1.54, 1.807) is 19.2 Å². The van der Waals surface area contributed by atoms with Gasteiger partial charge in [0.2, 0.25) is 0 Å². The Hall–Kier alpha value is -1.36. The number of benzene rings is 1. The maximum absolute atomic E-state index is 12.6. The van der Waals surface area contributed by atoms with Crippen molar-refractivity contribution in [2.45, 2.75) is 39.3 Å². The molecule has 166 valence electrons. The first kappa shape index (κ1) is 25.7. The monoisotopic (exact) mass is 526 g/mol. The first-order valence-electron chi connectivity index (χ1n) is 9.83. The summed E-state index contributed by atoms with van der Waals surface area (Å²) in [4.78, 5) is 6.32. The predicted octanol–water partition coefficient (Wildman–Crippen LogP) is 3.71. The van der Waals surface area contributed by atoms with E-state index in [1.807, 2.05) is 12.1 Å². The highest BCUT2D eigenvalue weighted by Crippen LogP contribution is 2.31. The fraction of sp³-hybridized carbons (Fsp3) is 0.650. The van der Waals surface area contributed by atoms with Crippen molar-refractivity contribution in [1.82, 2.24) is 10.6 Å². The van der Waals surface area contributed by atoms with E-state index in [-0.39, 0.29) is 35.8 Å². The minimum absolute atomic E-state index is 0. The van der Waals surface area contributed by atoms with E-state index in [1.165, 1.54) is 0 Å². The Balaban J connectivity index is 0.00000420. The van der Waals surface area contributed by atoms with Crippen LogP contribution in [0.25, 0.3) is 0 Å². The molecule has 1 heterocycles. The zero-order chi connectivity index (χ0) is 20.4. The van der Waals surface area contributed by atoms with Crippen LogP contribution >= 0.6 is 24.0 Å². The van der Waals surface area contributed by atoms with Crippen molar-refractivity contribution in [2.75, 3.05) is 44.8 Å². The second-order valence-electron chi connectivity index (χ2n) is 7.24. The van der Waals surface area contributed by atoms with Crippen molar-refractivity contribution in [3.8, 4) is 5.75 Å². The lowest BCUT2D eigenvalue weighted by Crippen LogP contribution is -2.45. The van der Waals surface area contributed by atoms with Gasteiger partial charge in [0.25, 0.3) is 0 Å². The van der Waals surface area contributed by atoms with Gasteiger partial charge < -0.3 is 25.0 Å². The van der Waals surface area contributed by atoms with E-state index in [0.29, 0.717) is 18.2 Å². The molecule has 1 atom stereocenters. The minimum atomic E-state index is -2.83. The van der Waals surface area contributed by atoms with Crippen LogP contribution in [0.4, 0.5) is 14.5 Å². The van der Waals surface area contributed by atoms with E-state index < -0.39 is 6.61 Å². The molecule has 0 aromatic heterocycles. The summed E-state index contributed by atoms with van der Waals surface area (Å²) in [5.74, 6) is 1.50. The molecule has 1 aromatic rings. The number of aliphatic imine (C=N–C) groups is 1. The van der Waals surface area contributed by atoms with Gasteiger partial charge in [-0.15, -0.1) is 24.0 Å². The van der Waals surface area contributed by atoms with Gasteiger partial charge in [-0.3, -0.25) is 4.99 Å². The highest BCUT2D eigenvalue weighted by molar-refractivity contribution is 14.0. The molecular formula is C20H33F2IN4O2. The molecule has 0 aliphatic carbocycles. The summed E-state index contributed by atoms with van der Waals surface area (Å²) < 4.78 is 35.5. The lowest BCUT2D eigenvalue weighted by Gasteiger charge is -2.22. The van der Waals surface area contributed by atoms with E-state index in [4.69, 9.17) is 4.74 Å². The van der Waals surface area contributed by atoms with Gasteiger partial charge in [-0.2, -0.15) is 8.78 Å². The number of guanidine groups is 1. The van der Waals surface area contributed by atoms with Gasteiger partial charge in [0.05, 0.1) is 5.69 Å². The van der Waals surface area contributed by atoms with E-state index in [0.717, 1.165) is 45.1 Å². The number of hydrogen-bond donors (Lipinski definition) is 2. The Kier molecular flexibility index (Phi) is 12.2.